The van der Waals surface area contributed by atoms with Crippen LogP contribution in [0.25, 0.3) is 0 Å². The van der Waals surface area contributed by atoms with Crippen molar-refractivity contribution in [3.8, 4) is 5.88 Å². The Bertz CT molecular complexity index is 766. The van der Waals surface area contributed by atoms with Crippen LogP contribution in [0.4, 0.5) is 5.82 Å². The molecule has 2 aromatic rings. The molecule has 0 aliphatic carbocycles. The number of ether oxygens (including phenoxy) is 1. The zero-order chi connectivity index (χ0) is 15.6. The zero-order valence-electron chi connectivity index (χ0n) is 11.2. The molecule has 0 saturated heterocycles. The molecule has 2 rings (SSSR count). The Kier molecular flexibility index (Phi) is 4.90. The third-order valence-electron chi connectivity index (χ3n) is 2.77. The van der Waals surface area contributed by atoms with Gasteiger partial charge < -0.3 is 4.74 Å². The number of sulfonamides is 1. The summed E-state index contributed by atoms with van der Waals surface area (Å²) in [6.45, 7) is 0. The molecular formula is C13H12Br2N2O3S. The first kappa shape index (κ1) is 16.3. The van der Waals surface area contributed by atoms with Crippen LogP contribution in [0, 0.1) is 0 Å². The lowest BCUT2D eigenvalue weighted by atomic mass is 10.4. The third kappa shape index (κ3) is 3.38. The van der Waals surface area contributed by atoms with E-state index in [2.05, 4.69) is 36.8 Å². The minimum atomic E-state index is -3.73. The molecule has 0 aliphatic heterocycles. The first-order valence-corrected chi connectivity index (χ1v) is 8.84. The van der Waals surface area contributed by atoms with E-state index in [9.17, 15) is 8.42 Å². The van der Waals surface area contributed by atoms with Gasteiger partial charge in [-0.15, -0.1) is 0 Å². The number of benzene rings is 1. The van der Waals surface area contributed by atoms with Crippen LogP contribution in [0.15, 0.2) is 50.2 Å². The Morgan fingerprint density at radius 2 is 1.90 bits per heavy atom. The van der Waals surface area contributed by atoms with E-state index in [0.29, 0.717) is 14.8 Å². The van der Waals surface area contributed by atoms with Gasteiger partial charge in [-0.25, -0.2) is 8.42 Å². The van der Waals surface area contributed by atoms with E-state index in [0.717, 1.165) is 4.31 Å². The number of hydrogen-bond donors (Lipinski definition) is 0. The average Bonchev–Trinajstić information content (AvgIpc) is 2.48. The van der Waals surface area contributed by atoms with Crippen molar-refractivity contribution in [2.45, 2.75) is 4.90 Å². The Morgan fingerprint density at radius 1 is 1.19 bits per heavy atom. The van der Waals surface area contributed by atoms with Crippen LogP contribution >= 0.6 is 31.9 Å². The number of anilines is 1. The number of hydrogen-bond acceptors (Lipinski definition) is 4. The second kappa shape index (κ2) is 6.33. The average molecular weight is 436 g/mol. The lowest BCUT2D eigenvalue weighted by molar-refractivity contribution is 0.398. The molecule has 21 heavy (non-hydrogen) atoms. The highest BCUT2D eigenvalue weighted by atomic mass is 79.9. The van der Waals surface area contributed by atoms with Crippen LogP contribution in [-0.2, 0) is 10.0 Å². The number of halogens is 2. The zero-order valence-corrected chi connectivity index (χ0v) is 15.2. The molecule has 0 N–H and O–H groups in total. The summed E-state index contributed by atoms with van der Waals surface area (Å²) in [5.41, 5.74) is 0. The molecule has 8 heteroatoms. The van der Waals surface area contributed by atoms with Crippen molar-refractivity contribution in [1.82, 2.24) is 4.98 Å². The second-order valence-electron chi connectivity index (χ2n) is 4.09. The maximum absolute atomic E-state index is 12.7. The highest BCUT2D eigenvalue weighted by molar-refractivity contribution is 9.11. The summed E-state index contributed by atoms with van der Waals surface area (Å²) < 4.78 is 32.7. The van der Waals surface area contributed by atoms with E-state index < -0.39 is 10.0 Å². The number of methoxy groups -OCH3 is 1. The van der Waals surface area contributed by atoms with Gasteiger partial charge in [-0.05, 0) is 40.2 Å². The quantitative estimate of drug-likeness (QED) is 0.737. The molecule has 0 radical (unpaired) electrons. The van der Waals surface area contributed by atoms with Crippen LogP contribution in [0.3, 0.4) is 0 Å². The Balaban J connectivity index is 2.49. The molecule has 1 heterocycles. The highest BCUT2D eigenvalue weighted by Crippen LogP contribution is 2.29. The summed E-state index contributed by atoms with van der Waals surface area (Å²) in [5.74, 6) is 0.629. The van der Waals surface area contributed by atoms with Gasteiger partial charge in [-0.2, -0.15) is 4.98 Å². The first-order valence-electron chi connectivity index (χ1n) is 5.81. The lowest BCUT2D eigenvalue weighted by Gasteiger charge is -2.19. The molecule has 5 nitrogen and oxygen atoms in total. The fraction of sp³-hybridized carbons (Fsp3) is 0.154. The summed E-state index contributed by atoms with van der Waals surface area (Å²) in [4.78, 5) is 4.29. The van der Waals surface area contributed by atoms with Gasteiger partial charge in [0.05, 0.1) is 7.11 Å². The SMILES string of the molecule is COc1cccc(N(C)S(=O)(=O)c2cc(Br)ccc2Br)n1. The van der Waals surface area contributed by atoms with Crippen LogP contribution in [-0.4, -0.2) is 27.6 Å². The minimum absolute atomic E-state index is 0.156. The summed E-state index contributed by atoms with van der Waals surface area (Å²) >= 11 is 6.54. The molecule has 1 aromatic heterocycles. The Morgan fingerprint density at radius 3 is 2.57 bits per heavy atom. The summed E-state index contributed by atoms with van der Waals surface area (Å²) in [5, 5.41) is 0. The molecule has 0 aliphatic rings. The Hall–Kier alpha value is -1.12. The van der Waals surface area contributed by atoms with Gasteiger partial charge in [0, 0.05) is 22.1 Å². The second-order valence-corrected chi connectivity index (χ2v) is 7.79. The van der Waals surface area contributed by atoms with E-state index in [1.807, 2.05) is 0 Å². The topological polar surface area (TPSA) is 59.5 Å². The van der Waals surface area contributed by atoms with E-state index in [-0.39, 0.29) is 10.7 Å². The van der Waals surface area contributed by atoms with Gasteiger partial charge in [0.2, 0.25) is 5.88 Å². The van der Waals surface area contributed by atoms with Crippen LogP contribution in [0.5, 0.6) is 5.88 Å². The van der Waals surface area contributed by atoms with Gasteiger partial charge >= 0.3 is 0 Å². The standard InChI is InChI=1S/C13H12Br2N2O3S/c1-17(12-4-3-5-13(16-12)20-2)21(18,19)11-8-9(14)6-7-10(11)15/h3-8H,1-2H3. The molecule has 0 saturated carbocycles. The van der Waals surface area contributed by atoms with Crippen LogP contribution < -0.4 is 9.04 Å². The number of rotatable bonds is 4. The molecular weight excluding hydrogens is 424 g/mol. The van der Waals surface area contributed by atoms with E-state index >= 15 is 0 Å². The first-order chi connectivity index (χ1) is 9.86. The molecule has 112 valence electrons. The number of nitrogens with zero attached hydrogens (tertiary/aromatic N) is 2. The molecule has 0 fully saturated rings. The van der Waals surface area contributed by atoms with E-state index in [1.165, 1.54) is 20.2 Å². The monoisotopic (exact) mass is 434 g/mol. The molecule has 0 unspecified atom stereocenters. The van der Waals surface area contributed by atoms with Crippen molar-refractivity contribution in [3.05, 3.63) is 45.3 Å². The largest absolute Gasteiger partial charge is 0.481 e. The minimum Gasteiger partial charge on any atom is -0.481 e. The maximum Gasteiger partial charge on any atom is 0.266 e. The normalized spacial score (nSPS) is 11.2. The Labute approximate surface area is 140 Å². The van der Waals surface area contributed by atoms with Crippen molar-refractivity contribution in [1.29, 1.82) is 0 Å². The maximum atomic E-state index is 12.7. The fourth-order valence-corrected chi connectivity index (χ4v) is 4.24. The molecule has 1 aromatic carbocycles. The van der Waals surface area contributed by atoms with Crippen molar-refractivity contribution in [2.75, 3.05) is 18.5 Å². The van der Waals surface area contributed by atoms with Crippen LogP contribution in [0.2, 0.25) is 0 Å². The van der Waals surface area contributed by atoms with Gasteiger partial charge in [-0.1, -0.05) is 22.0 Å². The molecule has 0 atom stereocenters. The molecule has 0 amide bonds. The predicted octanol–water partition coefficient (Wildman–Crippen LogP) is 3.44. The molecule has 0 bridgehead atoms. The van der Waals surface area contributed by atoms with E-state index in [4.69, 9.17) is 4.74 Å². The van der Waals surface area contributed by atoms with Gasteiger partial charge in [0.1, 0.15) is 10.7 Å². The molecule has 0 spiro atoms. The number of aromatic nitrogens is 1. The van der Waals surface area contributed by atoms with E-state index in [1.54, 1.807) is 30.3 Å². The highest BCUT2D eigenvalue weighted by Gasteiger charge is 2.25. The van der Waals surface area contributed by atoms with Crippen molar-refractivity contribution in [2.24, 2.45) is 0 Å². The predicted molar refractivity (Wildman–Crippen MR) is 88.2 cm³/mol. The summed E-state index contributed by atoms with van der Waals surface area (Å²) in [7, 11) is -0.805. The number of pyridine rings is 1. The van der Waals surface area contributed by atoms with Crippen LogP contribution in [0.1, 0.15) is 0 Å². The lowest BCUT2D eigenvalue weighted by Crippen LogP contribution is -2.27. The fourth-order valence-electron chi connectivity index (χ4n) is 1.64. The summed E-state index contributed by atoms with van der Waals surface area (Å²) in [6, 6.07) is 9.90. The summed E-state index contributed by atoms with van der Waals surface area (Å²) in [6.07, 6.45) is 0. The van der Waals surface area contributed by atoms with Gasteiger partial charge in [0.25, 0.3) is 10.0 Å². The van der Waals surface area contributed by atoms with Gasteiger partial charge in [-0.3, -0.25) is 4.31 Å². The van der Waals surface area contributed by atoms with Crippen molar-refractivity contribution < 1.29 is 13.2 Å². The van der Waals surface area contributed by atoms with Crippen molar-refractivity contribution in [3.63, 3.8) is 0 Å². The smallest absolute Gasteiger partial charge is 0.266 e. The van der Waals surface area contributed by atoms with Gasteiger partial charge in [0.15, 0.2) is 0 Å². The third-order valence-corrected chi connectivity index (χ3v) is 6.02. The van der Waals surface area contributed by atoms with Crippen molar-refractivity contribution >= 4 is 47.7 Å².